The third-order valence-electron chi connectivity index (χ3n) is 3.55. The molecule has 0 saturated carbocycles. The summed E-state index contributed by atoms with van der Waals surface area (Å²) in [6.07, 6.45) is 12.2. The molecule has 0 spiro atoms. The first-order valence-electron chi connectivity index (χ1n) is 8.07. The molecule has 0 radical (unpaired) electrons. The zero-order valence-corrected chi connectivity index (χ0v) is 16.7. The van der Waals surface area contributed by atoms with Crippen molar-refractivity contribution in [3.63, 3.8) is 0 Å². The number of hydrogen-bond acceptors (Lipinski definition) is 4. The van der Waals surface area contributed by atoms with Gasteiger partial charge < -0.3 is 9.66 Å². The van der Waals surface area contributed by atoms with Crippen molar-refractivity contribution in [1.29, 1.82) is 0 Å². The van der Waals surface area contributed by atoms with Gasteiger partial charge >= 0.3 is 29.6 Å². The molecule has 0 amide bonds. The fourth-order valence-corrected chi connectivity index (χ4v) is 2.93. The molecule has 0 aliphatic carbocycles. The van der Waals surface area contributed by atoms with Crippen LogP contribution in [0.5, 0.6) is 0 Å². The molecule has 122 valence electrons. The van der Waals surface area contributed by atoms with Crippen LogP contribution in [-0.4, -0.2) is 29.9 Å². The molecule has 0 bridgehead atoms. The van der Waals surface area contributed by atoms with E-state index in [4.69, 9.17) is 0 Å². The van der Waals surface area contributed by atoms with Crippen LogP contribution in [0.2, 0.25) is 0 Å². The monoisotopic (exact) mass is 330 g/mol. The first-order valence-corrected chi connectivity index (χ1v) is 9.65. The minimum absolute atomic E-state index is 0. The Labute approximate surface area is 153 Å². The fourth-order valence-electron chi connectivity index (χ4n) is 2.37. The van der Waals surface area contributed by atoms with Crippen LogP contribution >= 0.6 is 0 Å². The Kier molecular flexibility index (Phi) is 18.1. The summed E-state index contributed by atoms with van der Waals surface area (Å²) >= 11 is 0. The summed E-state index contributed by atoms with van der Waals surface area (Å²) in [6, 6.07) is 0. The fraction of sp³-hybridized carbons (Fsp3) is 1.00. The number of aliphatic hydroxyl groups is 1. The van der Waals surface area contributed by atoms with Gasteiger partial charge in [0.2, 0.25) is 0 Å². The smallest absolute Gasteiger partial charge is 0.748 e. The van der Waals surface area contributed by atoms with Crippen LogP contribution in [0, 0.1) is 0 Å². The molecule has 0 aliphatic heterocycles. The number of hydrogen-bond donors (Lipinski definition) is 1. The SMILES string of the molecule is CCCC(O)CCCCCCCCCCCS(=O)(=O)[O-].[Na+]. The van der Waals surface area contributed by atoms with Crippen molar-refractivity contribution in [2.75, 3.05) is 5.75 Å². The second-order valence-corrected chi connectivity index (χ2v) is 7.20. The third-order valence-corrected chi connectivity index (χ3v) is 4.34. The molecule has 0 saturated heterocycles. The van der Waals surface area contributed by atoms with E-state index in [1.165, 1.54) is 25.7 Å². The van der Waals surface area contributed by atoms with Gasteiger partial charge in [-0.1, -0.05) is 64.7 Å². The molecule has 0 aromatic carbocycles. The predicted molar refractivity (Wildman–Crippen MR) is 81.6 cm³/mol. The first-order chi connectivity index (χ1) is 9.45. The van der Waals surface area contributed by atoms with Gasteiger partial charge in [-0.2, -0.15) is 0 Å². The van der Waals surface area contributed by atoms with Gasteiger partial charge in [-0.15, -0.1) is 0 Å². The van der Waals surface area contributed by atoms with E-state index in [0.29, 0.717) is 6.42 Å². The van der Waals surface area contributed by atoms with E-state index in [1.807, 2.05) is 0 Å². The molecular weight excluding hydrogens is 299 g/mol. The Balaban J connectivity index is 0. The van der Waals surface area contributed by atoms with Crippen LogP contribution in [-0.2, 0) is 10.1 Å². The van der Waals surface area contributed by atoms with E-state index >= 15 is 0 Å². The molecule has 0 aromatic heterocycles. The van der Waals surface area contributed by atoms with Crippen molar-refractivity contribution < 1.29 is 47.6 Å². The van der Waals surface area contributed by atoms with Crippen molar-refractivity contribution in [2.24, 2.45) is 0 Å². The Morgan fingerprint density at radius 3 is 1.71 bits per heavy atom. The van der Waals surface area contributed by atoms with E-state index in [2.05, 4.69) is 6.92 Å². The summed E-state index contributed by atoms with van der Waals surface area (Å²) in [5, 5.41) is 9.56. The summed E-state index contributed by atoms with van der Waals surface area (Å²) in [5.41, 5.74) is 0. The molecule has 0 aromatic rings. The van der Waals surface area contributed by atoms with E-state index in [1.54, 1.807) is 0 Å². The van der Waals surface area contributed by atoms with Crippen molar-refractivity contribution in [3.05, 3.63) is 0 Å². The summed E-state index contributed by atoms with van der Waals surface area (Å²) in [7, 11) is -4.01. The number of unbranched alkanes of at least 4 members (excludes halogenated alkanes) is 8. The molecule has 0 aliphatic rings. The summed E-state index contributed by atoms with van der Waals surface area (Å²) < 4.78 is 31.1. The van der Waals surface area contributed by atoms with Crippen LogP contribution < -0.4 is 29.6 Å². The topological polar surface area (TPSA) is 77.4 Å². The van der Waals surface area contributed by atoms with Gasteiger partial charge in [-0.25, -0.2) is 8.42 Å². The van der Waals surface area contributed by atoms with Gasteiger partial charge in [0, 0.05) is 5.75 Å². The Hall–Kier alpha value is 0.870. The molecule has 1 unspecified atom stereocenters. The molecular formula is C15H31NaO4S. The van der Waals surface area contributed by atoms with E-state index < -0.39 is 10.1 Å². The largest absolute Gasteiger partial charge is 1.00 e. The van der Waals surface area contributed by atoms with E-state index in [0.717, 1.165) is 44.9 Å². The zero-order chi connectivity index (χ0) is 15.3. The molecule has 0 rings (SSSR count). The van der Waals surface area contributed by atoms with Gasteiger partial charge in [-0.05, 0) is 19.3 Å². The Morgan fingerprint density at radius 2 is 1.29 bits per heavy atom. The zero-order valence-electron chi connectivity index (χ0n) is 13.8. The van der Waals surface area contributed by atoms with Gasteiger partial charge in [0.15, 0.2) is 0 Å². The molecule has 1 atom stereocenters. The molecule has 1 N–H and O–H groups in total. The standard InChI is InChI=1S/C15H32O4S.Na/c1-2-12-15(16)13-10-8-6-4-3-5-7-9-11-14-20(17,18)19;/h15-16H,2-14H2,1H3,(H,17,18,19);/q;+1/p-1. The van der Waals surface area contributed by atoms with Crippen LogP contribution in [0.15, 0.2) is 0 Å². The van der Waals surface area contributed by atoms with Crippen molar-refractivity contribution in [2.45, 2.75) is 90.1 Å². The van der Waals surface area contributed by atoms with Crippen molar-refractivity contribution >= 4 is 10.1 Å². The van der Waals surface area contributed by atoms with Gasteiger partial charge in [-0.3, -0.25) is 0 Å². The van der Waals surface area contributed by atoms with E-state index in [9.17, 15) is 18.1 Å². The van der Waals surface area contributed by atoms with Crippen LogP contribution in [0.25, 0.3) is 0 Å². The molecule has 21 heavy (non-hydrogen) atoms. The summed E-state index contributed by atoms with van der Waals surface area (Å²) in [6.45, 7) is 2.09. The maximum absolute atomic E-state index is 10.4. The minimum Gasteiger partial charge on any atom is -0.748 e. The first kappa shape index (κ1) is 24.1. The minimum atomic E-state index is -4.01. The quantitative estimate of drug-likeness (QED) is 0.287. The predicted octanol–water partition coefficient (Wildman–Crippen LogP) is 0.598. The number of rotatable bonds is 14. The van der Waals surface area contributed by atoms with Gasteiger partial charge in [0.1, 0.15) is 0 Å². The van der Waals surface area contributed by atoms with Crippen LogP contribution in [0.1, 0.15) is 84.0 Å². The maximum Gasteiger partial charge on any atom is 1.00 e. The summed E-state index contributed by atoms with van der Waals surface area (Å²) in [5.74, 6) is -0.215. The van der Waals surface area contributed by atoms with E-state index in [-0.39, 0.29) is 41.4 Å². The third kappa shape index (κ3) is 20.9. The normalized spacial score (nSPS) is 12.9. The number of aliphatic hydroxyl groups excluding tert-OH is 1. The van der Waals surface area contributed by atoms with Crippen molar-refractivity contribution in [3.8, 4) is 0 Å². The average Bonchev–Trinajstić information content (AvgIpc) is 2.35. The average molecular weight is 330 g/mol. The summed E-state index contributed by atoms with van der Waals surface area (Å²) in [4.78, 5) is 0. The molecule has 6 heteroatoms. The van der Waals surface area contributed by atoms with Crippen LogP contribution in [0.3, 0.4) is 0 Å². The second kappa shape index (κ2) is 15.8. The van der Waals surface area contributed by atoms with Gasteiger partial charge in [0.05, 0.1) is 16.2 Å². The maximum atomic E-state index is 10.4. The second-order valence-electron chi connectivity index (χ2n) is 5.67. The Morgan fingerprint density at radius 1 is 0.857 bits per heavy atom. The molecule has 0 heterocycles. The van der Waals surface area contributed by atoms with Crippen LogP contribution in [0.4, 0.5) is 0 Å². The molecule has 0 fully saturated rings. The molecule has 4 nitrogen and oxygen atoms in total. The Bertz CT molecular complexity index is 307. The van der Waals surface area contributed by atoms with Crippen molar-refractivity contribution in [1.82, 2.24) is 0 Å². The van der Waals surface area contributed by atoms with Gasteiger partial charge in [0.25, 0.3) is 0 Å².